The van der Waals surface area contributed by atoms with Crippen molar-refractivity contribution in [3.63, 3.8) is 0 Å². The molecule has 1 aliphatic rings. The molecule has 0 radical (unpaired) electrons. The summed E-state index contributed by atoms with van der Waals surface area (Å²) in [4.78, 5) is 39.0. The molecule has 0 bridgehead atoms. The van der Waals surface area contributed by atoms with E-state index in [0.29, 0.717) is 17.0 Å². The quantitative estimate of drug-likeness (QED) is 0.279. The van der Waals surface area contributed by atoms with Crippen molar-refractivity contribution >= 4 is 57.8 Å². The monoisotopic (exact) mass is 449 g/mol. The van der Waals surface area contributed by atoms with Crippen LogP contribution in [-0.4, -0.2) is 41.7 Å². The van der Waals surface area contributed by atoms with E-state index in [-0.39, 0.29) is 17.2 Å². The maximum absolute atomic E-state index is 13.3. The van der Waals surface area contributed by atoms with E-state index >= 15 is 0 Å². The van der Waals surface area contributed by atoms with Crippen molar-refractivity contribution < 1.29 is 23.9 Å². The first-order valence-electron chi connectivity index (χ1n) is 9.63. The van der Waals surface area contributed by atoms with Gasteiger partial charge in [0.25, 0.3) is 11.8 Å². The van der Waals surface area contributed by atoms with E-state index in [0.717, 1.165) is 10.9 Å². The molecule has 0 aliphatic carbocycles. The normalized spacial score (nSPS) is 15.2. The average molecular weight is 449 g/mol. The lowest BCUT2D eigenvalue weighted by atomic mass is 10.1. The predicted octanol–water partition coefficient (Wildman–Crippen LogP) is 2.65. The van der Waals surface area contributed by atoms with Gasteiger partial charge in [-0.05, 0) is 48.6 Å². The molecular weight excluding hydrogens is 430 g/mol. The molecule has 0 saturated carbocycles. The molecule has 3 aromatic rings. The van der Waals surface area contributed by atoms with Gasteiger partial charge < -0.3 is 14.0 Å². The van der Waals surface area contributed by atoms with Gasteiger partial charge >= 0.3 is 5.97 Å². The number of fused-ring (bicyclic) bond motifs is 1. The molecule has 9 heteroatoms. The summed E-state index contributed by atoms with van der Waals surface area (Å²) >= 11 is 5.24. The van der Waals surface area contributed by atoms with Crippen LogP contribution in [0, 0.1) is 0 Å². The predicted molar refractivity (Wildman–Crippen MR) is 123 cm³/mol. The van der Waals surface area contributed by atoms with Gasteiger partial charge in [0.1, 0.15) is 17.9 Å². The summed E-state index contributed by atoms with van der Waals surface area (Å²) in [6.45, 7) is 0.00237. The zero-order valence-electron chi connectivity index (χ0n) is 17.3. The lowest BCUT2D eigenvalue weighted by molar-refractivity contribution is -0.141. The number of para-hydroxylation sites is 1. The van der Waals surface area contributed by atoms with Crippen molar-refractivity contribution in [1.82, 2.24) is 9.88 Å². The van der Waals surface area contributed by atoms with E-state index in [9.17, 15) is 14.4 Å². The van der Waals surface area contributed by atoms with Crippen molar-refractivity contribution in [3.05, 3.63) is 65.9 Å². The largest absolute Gasteiger partial charge is 0.497 e. The minimum atomic E-state index is -0.588. The van der Waals surface area contributed by atoms with Crippen LogP contribution in [0.15, 0.2) is 60.3 Å². The number of carbonyl (C=O) groups excluding carboxylic acids is 3. The first-order chi connectivity index (χ1) is 15.4. The third-order valence-electron chi connectivity index (χ3n) is 5.08. The number of benzene rings is 2. The highest BCUT2D eigenvalue weighted by Crippen LogP contribution is 2.27. The third-order valence-corrected chi connectivity index (χ3v) is 5.36. The zero-order chi connectivity index (χ0) is 22.8. The summed E-state index contributed by atoms with van der Waals surface area (Å²) in [6, 6.07) is 14.1. The van der Waals surface area contributed by atoms with Crippen molar-refractivity contribution in [1.29, 1.82) is 0 Å². The van der Waals surface area contributed by atoms with Crippen LogP contribution >= 0.6 is 12.2 Å². The Kier molecular flexibility index (Phi) is 5.74. The van der Waals surface area contributed by atoms with Gasteiger partial charge in [-0.15, -0.1) is 0 Å². The molecule has 4 rings (SSSR count). The average Bonchev–Trinajstić information content (AvgIpc) is 3.14. The summed E-state index contributed by atoms with van der Waals surface area (Å²) in [5, 5.41) is 3.35. The van der Waals surface area contributed by atoms with Crippen molar-refractivity contribution in [2.45, 2.75) is 6.54 Å². The van der Waals surface area contributed by atoms with Crippen LogP contribution in [0.2, 0.25) is 0 Å². The number of hydrogen-bond acceptors (Lipinski definition) is 6. The second-order valence-electron chi connectivity index (χ2n) is 6.96. The number of aromatic nitrogens is 1. The van der Waals surface area contributed by atoms with Gasteiger partial charge in [-0.1, -0.05) is 18.2 Å². The number of methoxy groups -OCH3 is 2. The highest BCUT2D eigenvalue weighted by molar-refractivity contribution is 7.80. The van der Waals surface area contributed by atoms with Crippen molar-refractivity contribution in [2.75, 3.05) is 19.1 Å². The second kappa shape index (κ2) is 8.64. The van der Waals surface area contributed by atoms with Gasteiger partial charge in [0, 0.05) is 22.7 Å². The van der Waals surface area contributed by atoms with E-state index in [1.807, 2.05) is 24.3 Å². The Morgan fingerprint density at radius 2 is 1.81 bits per heavy atom. The molecule has 2 aromatic carbocycles. The molecule has 1 aromatic heterocycles. The van der Waals surface area contributed by atoms with Crippen LogP contribution in [-0.2, 0) is 25.7 Å². The molecule has 0 atom stereocenters. The van der Waals surface area contributed by atoms with Gasteiger partial charge in [-0.25, -0.2) is 0 Å². The van der Waals surface area contributed by atoms with Gasteiger partial charge in [-0.3, -0.25) is 24.6 Å². The number of nitrogens with one attached hydrogen (secondary N) is 1. The number of nitrogens with zero attached hydrogens (tertiary/aromatic N) is 2. The molecule has 2 amide bonds. The summed E-state index contributed by atoms with van der Waals surface area (Å²) in [5.74, 6) is -0.918. The lowest BCUT2D eigenvalue weighted by Crippen LogP contribution is -2.54. The van der Waals surface area contributed by atoms with Gasteiger partial charge in [0.15, 0.2) is 5.11 Å². The molecule has 8 nitrogen and oxygen atoms in total. The highest BCUT2D eigenvalue weighted by Gasteiger charge is 2.34. The number of amides is 2. The number of hydrogen-bond donors (Lipinski definition) is 1. The molecule has 0 unspecified atom stereocenters. The van der Waals surface area contributed by atoms with E-state index < -0.39 is 17.8 Å². The van der Waals surface area contributed by atoms with Crippen LogP contribution < -0.4 is 15.0 Å². The SMILES string of the molecule is COC(=O)Cn1cc(/C=C2\C(=O)NC(=S)N(c3ccc(OC)cc3)C2=O)c2ccccc21. The summed E-state index contributed by atoms with van der Waals surface area (Å²) < 4.78 is 11.6. The maximum atomic E-state index is 13.3. The number of esters is 1. The zero-order valence-corrected chi connectivity index (χ0v) is 18.1. The third kappa shape index (κ3) is 3.85. The van der Waals surface area contributed by atoms with E-state index in [1.165, 1.54) is 18.1 Å². The van der Waals surface area contributed by atoms with Crippen LogP contribution in [0.5, 0.6) is 5.75 Å². The van der Waals surface area contributed by atoms with E-state index in [4.69, 9.17) is 21.7 Å². The Morgan fingerprint density at radius 3 is 2.50 bits per heavy atom. The molecule has 1 N–H and O–H groups in total. The maximum Gasteiger partial charge on any atom is 0.325 e. The fraction of sp³-hybridized carbons (Fsp3) is 0.130. The summed E-state index contributed by atoms with van der Waals surface area (Å²) in [5.41, 5.74) is 1.82. The molecule has 1 saturated heterocycles. The molecular formula is C23H19N3O5S. The Balaban J connectivity index is 1.76. The molecule has 1 fully saturated rings. The smallest absolute Gasteiger partial charge is 0.325 e. The summed E-state index contributed by atoms with van der Waals surface area (Å²) in [7, 11) is 2.86. The lowest BCUT2D eigenvalue weighted by Gasteiger charge is -2.29. The number of carbonyl (C=O) groups is 3. The van der Waals surface area contributed by atoms with Crippen molar-refractivity contribution in [3.8, 4) is 5.75 Å². The first-order valence-corrected chi connectivity index (χ1v) is 10.0. The van der Waals surface area contributed by atoms with Crippen LogP contribution in [0.4, 0.5) is 5.69 Å². The minimum Gasteiger partial charge on any atom is -0.497 e. The Bertz CT molecular complexity index is 1280. The molecule has 2 heterocycles. The number of thiocarbonyl (C=S) groups is 1. The van der Waals surface area contributed by atoms with Crippen LogP contribution in [0.1, 0.15) is 5.56 Å². The number of anilines is 1. The van der Waals surface area contributed by atoms with Gasteiger partial charge in [0.2, 0.25) is 0 Å². The Labute approximate surface area is 189 Å². The van der Waals surface area contributed by atoms with E-state index in [2.05, 4.69) is 5.32 Å². The Hall–Kier alpha value is -3.98. The molecule has 1 aliphatic heterocycles. The number of rotatable bonds is 5. The van der Waals surface area contributed by atoms with E-state index in [1.54, 1.807) is 42.1 Å². The molecule has 0 spiro atoms. The molecule has 32 heavy (non-hydrogen) atoms. The topological polar surface area (TPSA) is 89.9 Å². The fourth-order valence-electron chi connectivity index (χ4n) is 3.50. The van der Waals surface area contributed by atoms with Crippen molar-refractivity contribution in [2.24, 2.45) is 0 Å². The number of ether oxygens (including phenoxy) is 2. The second-order valence-corrected chi connectivity index (χ2v) is 7.35. The van der Waals surface area contributed by atoms with Crippen LogP contribution in [0.3, 0.4) is 0 Å². The summed E-state index contributed by atoms with van der Waals surface area (Å²) in [6.07, 6.45) is 3.21. The highest BCUT2D eigenvalue weighted by atomic mass is 32.1. The first kappa shape index (κ1) is 21.3. The Morgan fingerprint density at radius 1 is 1.09 bits per heavy atom. The van der Waals surface area contributed by atoms with Crippen LogP contribution in [0.25, 0.3) is 17.0 Å². The van der Waals surface area contributed by atoms with Gasteiger partial charge in [0.05, 0.1) is 19.9 Å². The van der Waals surface area contributed by atoms with Gasteiger partial charge in [-0.2, -0.15) is 0 Å². The standard InChI is InChI=1S/C23H19N3O5S/c1-30-16-9-7-15(8-10-16)26-22(29)18(21(28)24-23(26)32)11-14-12-25(13-20(27)31-2)19-6-4-3-5-17(14)19/h3-12H,13H2,1-2H3,(H,24,28,32)/b18-11+. The molecule has 162 valence electrons. The minimum absolute atomic E-state index is 0.00237. The fourth-order valence-corrected chi connectivity index (χ4v) is 3.78.